The highest BCUT2D eigenvalue weighted by molar-refractivity contribution is 7.91. The molecule has 1 atom stereocenters. The second-order valence-electron chi connectivity index (χ2n) is 6.74. The van der Waals surface area contributed by atoms with Crippen LogP contribution in [0, 0.1) is 11.8 Å². The van der Waals surface area contributed by atoms with Crippen molar-refractivity contribution < 1.29 is 8.42 Å². The zero-order chi connectivity index (χ0) is 14.9. The van der Waals surface area contributed by atoms with Gasteiger partial charge in [0, 0.05) is 6.04 Å². The number of benzene rings is 1. The lowest BCUT2D eigenvalue weighted by Gasteiger charge is -2.26. The van der Waals surface area contributed by atoms with E-state index in [1.54, 1.807) is 6.07 Å². The molecule has 116 valence electrons. The molecular weight excluding hydrogens is 282 g/mol. The molecule has 0 saturated heterocycles. The number of nitrogens with one attached hydrogen (secondary N) is 1. The SMILES string of the molecule is CC1CCC(CCNC2CS(=O)(=O)c3ccccc32)CC1. The first kappa shape index (κ1) is 15.0. The molecule has 1 aromatic rings. The monoisotopic (exact) mass is 307 g/mol. The first-order valence-corrected chi connectivity index (χ1v) is 9.76. The van der Waals surface area contributed by atoms with Crippen molar-refractivity contribution in [2.45, 2.75) is 50.0 Å². The van der Waals surface area contributed by atoms with Gasteiger partial charge in [0.2, 0.25) is 0 Å². The quantitative estimate of drug-likeness (QED) is 0.928. The average molecular weight is 307 g/mol. The third-order valence-electron chi connectivity index (χ3n) is 5.09. The van der Waals surface area contributed by atoms with E-state index in [4.69, 9.17) is 0 Å². The van der Waals surface area contributed by atoms with Crippen molar-refractivity contribution in [3.8, 4) is 0 Å². The Morgan fingerprint density at radius 1 is 1.14 bits per heavy atom. The first-order valence-electron chi connectivity index (χ1n) is 8.11. The minimum Gasteiger partial charge on any atom is -0.309 e. The summed E-state index contributed by atoms with van der Waals surface area (Å²) in [6.45, 7) is 3.27. The van der Waals surface area contributed by atoms with Crippen LogP contribution in [0.25, 0.3) is 0 Å². The van der Waals surface area contributed by atoms with Crippen LogP contribution < -0.4 is 5.32 Å². The zero-order valence-corrected chi connectivity index (χ0v) is 13.5. The topological polar surface area (TPSA) is 46.2 Å². The number of hydrogen-bond acceptors (Lipinski definition) is 3. The molecule has 3 nitrogen and oxygen atoms in total. The molecule has 0 radical (unpaired) electrons. The number of hydrogen-bond donors (Lipinski definition) is 1. The van der Waals surface area contributed by atoms with Gasteiger partial charge >= 0.3 is 0 Å². The van der Waals surface area contributed by atoms with E-state index in [1.165, 1.54) is 32.1 Å². The molecule has 1 aliphatic carbocycles. The summed E-state index contributed by atoms with van der Waals surface area (Å²) in [7, 11) is -3.08. The van der Waals surface area contributed by atoms with Crippen molar-refractivity contribution in [3.63, 3.8) is 0 Å². The maximum absolute atomic E-state index is 12.1. The molecule has 1 aromatic carbocycles. The van der Waals surface area contributed by atoms with Crippen LogP contribution in [-0.4, -0.2) is 20.7 Å². The summed E-state index contributed by atoms with van der Waals surface area (Å²) in [4.78, 5) is 0.522. The maximum Gasteiger partial charge on any atom is 0.180 e. The Labute approximate surface area is 128 Å². The second kappa shape index (κ2) is 6.09. The van der Waals surface area contributed by atoms with E-state index in [0.717, 1.165) is 23.9 Å². The molecule has 2 aliphatic rings. The Morgan fingerprint density at radius 2 is 1.86 bits per heavy atom. The Balaban J connectivity index is 1.55. The van der Waals surface area contributed by atoms with Gasteiger partial charge < -0.3 is 5.32 Å². The Bertz CT molecular complexity index is 589. The van der Waals surface area contributed by atoms with Crippen LogP contribution in [0.15, 0.2) is 29.2 Å². The van der Waals surface area contributed by atoms with Gasteiger partial charge in [-0.1, -0.05) is 50.8 Å². The molecule has 1 saturated carbocycles. The highest BCUT2D eigenvalue weighted by Crippen LogP contribution is 2.34. The van der Waals surface area contributed by atoms with Crippen molar-refractivity contribution in [1.82, 2.24) is 5.32 Å². The lowest BCUT2D eigenvalue weighted by molar-refractivity contribution is 0.273. The largest absolute Gasteiger partial charge is 0.309 e. The minimum atomic E-state index is -3.08. The van der Waals surface area contributed by atoms with E-state index >= 15 is 0 Å². The molecule has 0 amide bonds. The van der Waals surface area contributed by atoms with Gasteiger partial charge in [-0.05, 0) is 36.4 Å². The van der Waals surface area contributed by atoms with Crippen LogP contribution in [0.4, 0.5) is 0 Å². The van der Waals surface area contributed by atoms with Crippen molar-refractivity contribution in [2.75, 3.05) is 12.3 Å². The fourth-order valence-electron chi connectivity index (χ4n) is 3.70. The summed E-state index contributed by atoms with van der Waals surface area (Å²) < 4.78 is 24.2. The Hall–Kier alpha value is -0.870. The molecule has 0 spiro atoms. The lowest BCUT2D eigenvalue weighted by atomic mass is 9.81. The summed E-state index contributed by atoms with van der Waals surface area (Å²) in [6, 6.07) is 7.39. The summed E-state index contributed by atoms with van der Waals surface area (Å²) in [5.74, 6) is 1.93. The molecule has 0 aromatic heterocycles. The van der Waals surface area contributed by atoms with E-state index in [0.29, 0.717) is 4.90 Å². The third-order valence-corrected chi connectivity index (χ3v) is 6.91. The highest BCUT2D eigenvalue weighted by Gasteiger charge is 2.33. The standard InChI is InChI=1S/C17H25NO2S/c1-13-6-8-14(9-7-13)10-11-18-16-12-21(19,20)17-5-3-2-4-15(16)17/h2-5,13-14,16,18H,6-12H2,1H3. The van der Waals surface area contributed by atoms with E-state index in [2.05, 4.69) is 12.2 Å². The van der Waals surface area contributed by atoms with Crippen molar-refractivity contribution in [1.29, 1.82) is 0 Å². The van der Waals surface area contributed by atoms with Gasteiger partial charge in [0.25, 0.3) is 0 Å². The van der Waals surface area contributed by atoms with E-state index in [9.17, 15) is 8.42 Å². The normalized spacial score (nSPS) is 31.0. The van der Waals surface area contributed by atoms with Crippen LogP contribution in [0.2, 0.25) is 0 Å². The molecule has 1 N–H and O–H groups in total. The molecule has 1 fully saturated rings. The number of rotatable bonds is 4. The summed E-state index contributed by atoms with van der Waals surface area (Å²) in [5, 5.41) is 3.47. The predicted molar refractivity (Wildman–Crippen MR) is 85.0 cm³/mol. The average Bonchev–Trinajstić information content (AvgIpc) is 2.73. The van der Waals surface area contributed by atoms with Crippen molar-refractivity contribution >= 4 is 9.84 Å². The predicted octanol–water partition coefficient (Wildman–Crippen LogP) is 3.32. The second-order valence-corrected chi connectivity index (χ2v) is 8.74. The van der Waals surface area contributed by atoms with Gasteiger partial charge in [-0.2, -0.15) is 0 Å². The van der Waals surface area contributed by atoms with Gasteiger partial charge in [-0.25, -0.2) is 8.42 Å². The van der Waals surface area contributed by atoms with Gasteiger partial charge in [-0.15, -0.1) is 0 Å². The van der Waals surface area contributed by atoms with Crippen LogP contribution in [0.5, 0.6) is 0 Å². The fourth-order valence-corrected chi connectivity index (χ4v) is 5.47. The third kappa shape index (κ3) is 3.32. The molecular formula is C17H25NO2S. The molecule has 1 heterocycles. The van der Waals surface area contributed by atoms with E-state index in [-0.39, 0.29) is 11.8 Å². The summed E-state index contributed by atoms with van der Waals surface area (Å²) in [5.41, 5.74) is 0.953. The Kier molecular flexibility index (Phi) is 4.36. The van der Waals surface area contributed by atoms with E-state index < -0.39 is 9.84 Å². The lowest BCUT2D eigenvalue weighted by Crippen LogP contribution is -2.26. The maximum atomic E-state index is 12.1. The molecule has 1 aliphatic heterocycles. The van der Waals surface area contributed by atoms with Gasteiger partial charge in [0.15, 0.2) is 9.84 Å². The van der Waals surface area contributed by atoms with Crippen LogP contribution >= 0.6 is 0 Å². The van der Waals surface area contributed by atoms with Gasteiger partial charge in [-0.3, -0.25) is 0 Å². The molecule has 3 rings (SSSR count). The van der Waals surface area contributed by atoms with Crippen molar-refractivity contribution in [3.05, 3.63) is 29.8 Å². The Morgan fingerprint density at radius 3 is 2.62 bits per heavy atom. The molecule has 0 bridgehead atoms. The molecule has 4 heteroatoms. The van der Waals surface area contributed by atoms with Crippen LogP contribution in [-0.2, 0) is 9.84 Å². The van der Waals surface area contributed by atoms with Crippen LogP contribution in [0.3, 0.4) is 0 Å². The first-order chi connectivity index (χ1) is 10.1. The summed E-state index contributed by atoms with van der Waals surface area (Å²) >= 11 is 0. The van der Waals surface area contributed by atoms with Crippen LogP contribution in [0.1, 0.15) is 50.6 Å². The van der Waals surface area contributed by atoms with E-state index in [1.807, 2.05) is 18.2 Å². The zero-order valence-electron chi connectivity index (χ0n) is 12.7. The summed E-state index contributed by atoms with van der Waals surface area (Å²) in [6.07, 6.45) is 6.55. The number of sulfone groups is 1. The van der Waals surface area contributed by atoms with Crippen molar-refractivity contribution in [2.24, 2.45) is 11.8 Å². The fraction of sp³-hybridized carbons (Fsp3) is 0.647. The van der Waals surface area contributed by atoms with Gasteiger partial charge in [0.05, 0.1) is 10.6 Å². The molecule has 21 heavy (non-hydrogen) atoms. The van der Waals surface area contributed by atoms with Gasteiger partial charge in [0.1, 0.15) is 0 Å². The molecule has 1 unspecified atom stereocenters. The smallest absolute Gasteiger partial charge is 0.180 e. The highest BCUT2D eigenvalue weighted by atomic mass is 32.2. The minimum absolute atomic E-state index is 0.0197. The number of fused-ring (bicyclic) bond motifs is 1.